The number of hydrogen-bond acceptors (Lipinski definition) is 3. The standard InChI is InChI=1S/C13H18Br2N2O/c1-16(2)10-3-4-17(8-10)7-9-5-11(14)13(18)12(15)6-9/h5-6,10,18H,3-4,7-8H2,1-2H3. The molecule has 0 spiro atoms. The maximum absolute atomic E-state index is 9.69. The number of halogens is 2. The summed E-state index contributed by atoms with van der Waals surface area (Å²) in [7, 11) is 4.28. The Morgan fingerprint density at radius 1 is 1.33 bits per heavy atom. The lowest BCUT2D eigenvalue weighted by Gasteiger charge is -2.20. The van der Waals surface area contributed by atoms with Crippen LogP contribution in [0.2, 0.25) is 0 Å². The normalized spacial score (nSPS) is 20.8. The summed E-state index contributed by atoms with van der Waals surface area (Å²) in [6, 6.07) is 4.64. The molecule has 5 heteroatoms. The van der Waals surface area contributed by atoms with Gasteiger partial charge < -0.3 is 10.0 Å². The number of rotatable bonds is 3. The van der Waals surface area contributed by atoms with E-state index in [1.165, 1.54) is 12.0 Å². The molecule has 3 nitrogen and oxygen atoms in total. The summed E-state index contributed by atoms with van der Waals surface area (Å²) < 4.78 is 1.49. The summed E-state index contributed by atoms with van der Waals surface area (Å²) in [6.45, 7) is 3.18. The molecule has 0 radical (unpaired) electrons. The zero-order chi connectivity index (χ0) is 13.3. The number of likely N-dealkylation sites (tertiary alicyclic amines) is 1. The number of phenols is 1. The fraction of sp³-hybridized carbons (Fsp3) is 0.538. The highest BCUT2D eigenvalue weighted by atomic mass is 79.9. The summed E-state index contributed by atoms with van der Waals surface area (Å²) in [5, 5.41) is 9.69. The van der Waals surface area contributed by atoms with Crippen LogP contribution in [0, 0.1) is 0 Å². The molecule has 1 saturated heterocycles. The van der Waals surface area contributed by atoms with Gasteiger partial charge in [0.25, 0.3) is 0 Å². The van der Waals surface area contributed by atoms with E-state index in [1.807, 2.05) is 12.1 Å². The Labute approximate surface area is 125 Å². The van der Waals surface area contributed by atoms with E-state index in [2.05, 4.69) is 55.8 Å². The highest BCUT2D eigenvalue weighted by Gasteiger charge is 2.24. The van der Waals surface area contributed by atoms with E-state index < -0.39 is 0 Å². The molecule has 1 aliphatic heterocycles. The number of benzene rings is 1. The smallest absolute Gasteiger partial charge is 0.143 e. The lowest BCUT2D eigenvalue weighted by molar-refractivity contribution is 0.264. The van der Waals surface area contributed by atoms with Gasteiger partial charge in [0, 0.05) is 25.7 Å². The van der Waals surface area contributed by atoms with Crippen LogP contribution in [-0.4, -0.2) is 48.1 Å². The molecule has 1 aliphatic rings. The van der Waals surface area contributed by atoms with Gasteiger partial charge in [0.15, 0.2) is 0 Å². The first-order valence-corrected chi connectivity index (χ1v) is 7.61. The van der Waals surface area contributed by atoms with E-state index in [0.29, 0.717) is 6.04 Å². The Morgan fingerprint density at radius 2 is 1.94 bits per heavy atom. The Morgan fingerprint density at radius 3 is 2.44 bits per heavy atom. The number of nitrogens with zero attached hydrogens (tertiary/aromatic N) is 2. The predicted octanol–water partition coefficient (Wildman–Crippen LogP) is 3.05. The molecule has 2 rings (SSSR count). The summed E-state index contributed by atoms with van der Waals surface area (Å²) >= 11 is 6.75. The van der Waals surface area contributed by atoms with Crippen molar-refractivity contribution in [2.45, 2.75) is 19.0 Å². The summed E-state index contributed by atoms with van der Waals surface area (Å²) in [5.74, 6) is 0.270. The van der Waals surface area contributed by atoms with Gasteiger partial charge in [0.2, 0.25) is 0 Å². The van der Waals surface area contributed by atoms with E-state index in [-0.39, 0.29) is 5.75 Å². The highest BCUT2D eigenvalue weighted by molar-refractivity contribution is 9.11. The zero-order valence-electron chi connectivity index (χ0n) is 10.7. The summed E-state index contributed by atoms with van der Waals surface area (Å²) in [4.78, 5) is 4.75. The fourth-order valence-electron chi connectivity index (χ4n) is 2.34. The van der Waals surface area contributed by atoms with Crippen molar-refractivity contribution in [1.29, 1.82) is 0 Å². The van der Waals surface area contributed by atoms with E-state index in [1.54, 1.807) is 0 Å². The van der Waals surface area contributed by atoms with Crippen LogP contribution in [0.5, 0.6) is 5.75 Å². The van der Waals surface area contributed by atoms with Crippen LogP contribution in [-0.2, 0) is 6.54 Å². The van der Waals surface area contributed by atoms with Crippen molar-refractivity contribution in [1.82, 2.24) is 9.80 Å². The van der Waals surface area contributed by atoms with Gasteiger partial charge >= 0.3 is 0 Å². The van der Waals surface area contributed by atoms with E-state index in [0.717, 1.165) is 28.6 Å². The maximum Gasteiger partial charge on any atom is 0.143 e. The van der Waals surface area contributed by atoms with E-state index in [9.17, 15) is 5.11 Å². The van der Waals surface area contributed by atoms with Gasteiger partial charge in [0.1, 0.15) is 5.75 Å². The minimum absolute atomic E-state index is 0.270. The Balaban J connectivity index is 2.03. The van der Waals surface area contributed by atoms with Gasteiger partial charge in [-0.25, -0.2) is 0 Å². The van der Waals surface area contributed by atoms with Gasteiger partial charge in [-0.15, -0.1) is 0 Å². The average molecular weight is 378 g/mol. The second kappa shape index (κ2) is 5.90. The Kier molecular flexibility index (Phi) is 4.69. The van der Waals surface area contributed by atoms with Crippen molar-refractivity contribution in [3.05, 3.63) is 26.6 Å². The number of phenolic OH excluding ortho intramolecular Hbond substituents is 1. The molecule has 1 atom stereocenters. The van der Waals surface area contributed by atoms with Crippen LogP contribution in [0.25, 0.3) is 0 Å². The van der Waals surface area contributed by atoms with Gasteiger partial charge in [0.05, 0.1) is 8.95 Å². The van der Waals surface area contributed by atoms with Gasteiger partial charge in [-0.05, 0) is 70.1 Å². The van der Waals surface area contributed by atoms with Crippen molar-refractivity contribution < 1.29 is 5.11 Å². The Hall–Kier alpha value is -0.100. The molecule has 0 aliphatic carbocycles. The third-order valence-electron chi connectivity index (χ3n) is 3.46. The van der Waals surface area contributed by atoms with Crippen molar-refractivity contribution in [2.75, 3.05) is 27.2 Å². The highest BCUT2D eigenvalue weighted by Crippen LogP contribution is 2.34. The molecule has 0 saturated carbocycles. The summed E-state index contributed by atoms with van der Waals surface area (Å²) in [5.41, 5.74) is 1.21. The van der Waals surface area contributed by atoms with E-state index in [4.69, 9.17) is 0 Å². The minimum atomic E-state index is 0.270. The molecule has 1 aromatic rings. The molecule has 0 bridgehead atoms. The monoisotopic (exact) mass is 376 g/mol. The van der Waals surface area contributed by atoms with Crippen molar-refractivity contribution >= 4 is 31.9 Å². The van der Waals surface area contributed by atoms with Crippen LogP contribution in [0.15, 0.2) is 21.1 Å². The molecule has 1 unspecified atom stereocenters. The first-order chi connectivity index (χ1) is 8.47. The van der Waals surface area contributed by atoms with Crippen LogP contribution in [0.1, 0.15) is 12.0 Å². The zero-order valence-corrected chi connectivity index (χ0v) is 13.8. The van der Waals surface area contributed by atoms with E-state index >= 15 is 0 Å². The maximum atomic E-state index is 9.69. The molecule has 1 heterocycles. The lowest BCUT2D eigenvalue weighted by Crippen LogP contribution is -2.31. The van der Waals surface area contributed by atoms with Gasteiger partial charge in [-0.3, -0.25) is 4.90 Å². The topological polar surface area (TPSA) is 26.7 Å². The average Bonchev–Trinajstić information content (AvgIpc) is 2.74. The van der Waals surface area contributed by atoms with Gasteiger partial charge in [-0.2, -0.15) is 0 Å². The molecular weight excluding hydrogens is 360 g/mol. The third-order valence-corrected chi connectivity index (χ3v) is 4.67. The van der Waals surface area contributed by atoms with Crippen molar-refractivity contribution in [3.63, 3.8) is 0 Å². The molecule has 1 fully saturated rings. The lowest BCUT2D eigenvalue weighted by atomic mass is 10.2. The summed E-state index contributed by atoms with van der Waals surface area (Å²) in [6.07, 6.45) is 1.23. The second-order valence-corrected chi connectivity index (χ2v) is 6.76. The minimum Gasteiger partial charge on any atom is -0.506 e. The molecule has 0 aromatic heterocycles. The fourth-order valence-corrected chi connectivity index (χ4v) is 3.63. The largest absolute Gasteiger partial charge is 0.506 e. The van der Waals surface area contributed by atoms with Crippen LogP contribution in [0.4, 0.5) is 0 Å². The molecular formula is C13H18Br2N2O. The van der Waals surface area contributed by atoms with Crippen LogP contribution < -0.4 is 0 Å². The molecule has 1 aromatic carbocycles. The number of likely N-dealkylation sites (N-methyl/N-ethyl adjacent to an activating group) is 1. The quantitative estimate of drug-likeness (QED) is 0.876. The van der Waals surface area contributed by atoms with Crippen molar-refractivity contribution in [2.24, 2.45) is 0 Å². The Bertz CT molecular complexity index is 414. The van der Waals surface area contributed by atoms with Gasteiger partial charge in [-0.1, -0.05) is 0 Å². The molecule has 18 heavy (non-hydrogen) atoms. The first kappa shape index (κ1) is 14.3. The first-order valence-electron chi connectivity index (χ1n) is 6.03. The SMILES string of the molecule is CN(C)C1CCN(Cc2cc(Br)c(O)c(Br)c2)C1. The molecule has 1 N–H and O–H groups in total. The number of hydrogen-bond donors (Lipinski definition) is 1. The van der Waals surface area contributed by atoms with Crippen molar-refractivity contribution in [3.8, 4) is 5.75 Å². The third kappa shape index (κ3) is 3.26. The molecule has 100 valence electrons. The van der Waals surface area contributed by atoms with Crippen LogP contribution in [0.3, 0.4) is 0 Å². The van der Waals surface area contributed by atoms with Crippen LogP contribution >= 0.6 is 31.9 Å². The number of aromatic hydroxyl groups is 1. The molecule has 0 amide bonds. The second-order valence-electron chi connectivity index (χ2n) is 5.05. The predicted molar refractivity (Wildman–Crippen MR) is 80.9 cm³/mol.